The molecule has 1 atom stereocenters. The molecule has 1 nitrogen and oxygen atoms in total. The molecule has 0 aliphatic heterocycles. The Labute approximate surface area is 77.7 Å². The molecule has 0 aromatic rings. The second kappa shape index (κ2) is 4.24. The van der Waals surface area contributed by atoms with Gasteiger partial charge in [-0.1, -0.05) is 43.6 Å². The summed E-state index contributed by atoms with van der Waals surface area (Å²) in [4.78, 5) is 11.0. The van der Waals surface area contributed by atoms with Crippen LogP contribution in [0.5, 0.6) is 0 Å². The van der Waals surface area contributed by atoms with Crippen molar-refractivity contribution >= 4 is 21.7 Å². The fourth-order valence-electron chi connectivity index (χ4n) is 0.702. The molecule has 0 aromatic heterocycles. The molecule has 0 spiro atoms. The van der Waals surface area contributed by atoms with Crippen molar-refractivity contribution in [3.05, 3.63) is 0 Å². The summed E-state index contributed by atoms with van der Waals surface area (Å²) in [5.41, 5.74) is 0.248. The lowest BCUT2D eigenvalue weighted by atomic mass is 9.79. The number of alkyl halides is 1. The van der Waals surface area contributed by atoms with Gasteiger partial charge >= 0.3 is 0 Å². The number of ketones is 1. The minimum absolute atomic E-state index is 0.248. The lowest BCUT2D eigenvalue weighted by Gasteiger charge is -2.26. The van der Waals surface area contributed by atoms with Gasteiger partial charge in [-0.05, 0) is 11.3 Å². The highest BCUT2D eigenvalue weighted by molar-refractivity contribution is 9.09. The largest absolute Gasteiger partial charge is 0.299 e. The number of rotatable bonds is 3. The zero-order valence-corrected chi connectivity index (χ0v) is 9.36. The first kappa shape index (κ1) is 11.2. The van der Waals surface area contributed by atoms with Crippen LogP contribution in [0, 0.1) is 11.3 Å². The molecule has 0 N–H and O–H groups in total. The standard InChI is InChI=1S/C9H17BrO/c1-7(9(2,3)4)5-8(11)6-10/h7H,5-6H2,1-4H3. The number of halogens is 1. The molecule has 0 radical (unpaired) electrons. The van der Waals surface area contributed by atoms with Gasteiger partial charge in [-0.15, -0.1) is 0 Å². The van der Waals surface area contributed by atoms with Crippen LogP contribution in [-0.4, -0.2) is 11.1 Å². The summed E-state index contributed by atoms with van der Waals surface area (Å²) in [7, 11) is 0. The monoisotopic (exact) mass is 220 g/mol. The molecule has 0 aromatic carbocycles. The molecule has 0 amide bonds. The molecular weight excluding hydrogens is 204 g/mol. The van der Waals surface area contributed by atoms with Gasteiger partial charge in [0.1, 0.15) is 5.78 Å². The fraction of sp³-hybridized carbons (Fsp3) is 0.889. The maximum absolute atomic E-state index is 11.0. The predicted octanol–water partition coefficient (Wildman–Crippen LogP) is 3.02. The van der Waals surface area contributed by atoms with Crippen molar-refractivity contribution in [1.82, 2.24) is 0 Å². The first-order chi connectivity index (χ1) is 4.88. The Morgan fingerprint density at radius 2 is 1.91 bits per heavy atom. The van der Waals surface area contributed by atoms with Crippen molar-refractivity contribution in [3.8, 4) is 0 Å². The van der Waals surface area contributed by atoms with Crippen molar-refractivity contribution in [2.75, 3.05) is 5.33 Å². The van der Waals surface area contributed by atoms with Gasteiger partial charge in [0.05, 0.1) is 5.33 Å². The average molecular weight is 221 g/mol. The van der Waals surface area contributed by atoms with Gasteiger partial charge in [0.2, 0.25) is 0 Å². The number of Topliss-reactive ketones (excluding diaryl/α,β-unsaturated/α-hetero) is 1. The molecule has 1 unspecified atom stereocenters. The van der Waals surface area contributed by atoms with E-state index in [4.69, 9.17) is 0 Å². The van der Waals surface area contributed by atoms with Gasteiger partial charge in [-0.3, -0.25) is 4.79 Å². The summed E-state index contributed by atoms with van der Waals surface area (Å²) in [6.07, 6.45) is 0.689. The van der Waals surface area contributed by atoms with Crippen molar-refractivity contribution in [2.45, 2.75) is 34.1 Å². The van der Waals surface area contributed by atoms with Crippen LogP contribution in [0.3, 0.4) is 0 Å². The Kier molecular flexibility index (Phi) is 4.30. The van der Waals surface area contributed by atoms with E-state index in [1.54, 1.807) is 0 Å². The van der Waals surface area contributed by atoms with Crippen LogP contribution in [-0.2, 0) is 4.79 Å². The van der Waals surface area contributed by atoms with Gasteiger partial charge in [-0.2, -0.15) is 0 Å². The molecule has 2 heteroatoms. The number of carbonyl (C=O) groups excluding carboxylic acids is 1. The van der Waals surface area contributed by atoms with E-state index in [-0.39, 0.29) is 5.41 Å². The summed E-state index contributed by atoms with van der Waals surface area (Å²) in [5, 5.41) is 0.493. The third-order valence-electron chi connectivity index (χ3n) is 2.16. The molecule has 66 valence electrons. The topological polar surface area (TPSA) is 17.1 Å². The molecule has 11 heavy (non-hydrogen) atoms. The summed E-state index contributed by atoms with van der Waals surface area (Å²) in [6, 6.07) is 0. The zero-order valence-electron chi connectivity index (χ0n) is 7.78. The van der Waals surface area contributed by atoms with Crippen LogP contribution in [0.15, 0.2) is 0 Å². The van der Waals surface area contributed by atoms with Crippen molar-refractivity contribution in [3.63, 3.8) is 0 Å². The van der Waals surface area contributed by atoms with E-state index < -0.39 is 0 Å². The average Bonchev–Trinajstić information content (AvgIpc) is 1.85. The molecule has 0 heterocycles. The van der Waals surface area contributed by atoms with Crippen molar-refractivity contribution < 1.29 is 4.79 Å². The van der Waals surface area contributed by atoms with Crippen LogP contribution >= 0.6 is 15.9 Å². The highest BCUT2D eigenvalue weighted by Crippen LogP contribution is 2.28. The van der Waals surface area contributed by atoms with Crippen molar-refractivity contribution in [2.24, 2.45) is 11.3 Å². The van der Waals surface area contributed by atoms with Crippen LogP contribution in [0.4, 0.5) is 0 Å². The fourth-order valence-corrected chi connectivity index (χ4v) is 0.931. The lowest BCUT2D eigenvalue weighted by Crippen LogP contribution is -2.20. The summed E-state index contributed by atoms with van der Waals surface area (Å²) in [5.74, 6) is 0.764. The van der Waals surface area contributed by atoms with E-state index in [2.05, 4.69) is 43.6 Å². The van der Waals surface area contributed by atoms with E-state index in [0.29, 0.717) is 23.5 Å². The van der Waals surface area contributed by atoms with E-state index in [9.17, 15) is 4.79 Å². The maximum atomic E-state index is 11.0. The van der Waals surface area contributed by atoms with Crippen molar-refractivity contribution in [1.29, 1.82) is 0 Å². The number of hydrogen-bond donors (Lipinski definition) is 0. The van der Waals surface area contributed by atoms with Crippen LogP contribution in [0.1, 0.15) is 34.1 Å². The normalized spacial score (nSPS) is 14.6. The Bertz CT molecular complexity index is 135. The Morgan fingerprint density at radius 1 is 1.45 bits per heavy atom. The molecule has 0 saturated heterocycles. The lowest BCUT2D eigenvalue weighted by molar-refractivity contribution is -0.118. The van der Waals surface area contributed by atoms with Gasteiger partial charge in [-0.25, -0.2) is 0 Å². The Hall–Kier alpha value is 0.150. The molecule has 0 rings (SSSR count). The Morgan fingerprint density at radius 3 is 2.18 bits per heavy atom. The molecule has 0 bridgehead atoms. The van der Waals surface area contributed by atoms with Crippen LogP contribution < -0.4 is 0 Å². The SMILES string of the molecule is CC(CC(=O)CBr)C(C)(C)C. The number of hydrogen-bond acceptors (Lipinski definition) is 1. The first-order valence-electron chi connectivity index (χ1n) is 3.95. The third-order valence-corrected chi connectivity index (χ3v) is 2.79. The Balaban J connectivity index is 3.87. The van der Waals surface area contributed by atoms with Crippen LogP contribution in [0.2, 0.25) is 0 Å². The van der Waals surface area contributed by atoms with Gasteiger partial charge in [0, 0.05) is 6.42 Å². The molecule has 0 saturated carbocycles. The highest BCUT2D eigenvalue weighted by Gasteiger charge is 2.21. The smallest absolute Gasteiger partial charge is 0.143 e. The predicted molar refractivity (Wildman–Crippen MR) is 52.0 cm³/mol. The second-order valence-corrected chi connectivity index (χ2v) is 4.70. The summed E-state index contributed by atoms with van der Waals surface area (Å²) in [6.45, 7) is 8.62. The van der Waals surface area contributed by atoms with Gasteiger partial charge in [0.15, 0.2) is 0 Å². The quantitative estimate of drug-likeness (QED) is 0.669. The number of carbonyl (C=O) groups is 1. The van der Waals surface area contributed by atoms with Gasteiger partial charge < -0.3 is 0 Å². The third kappa shape index (κ3) is 4.57. The highest BCUT2D eigenvalue weighted by atomic mass is 79.9. The molecular formula is C9H17BrO. The minimum Gasteiger partial charge on any atom is -0.299 e. The van der Waals surface area contributed by atoms with E-state index in [1.165, 1.54) is 0 Å². The van der Waals surface area contributed by atoms with E-state index in [0.717, 1.165) is 0 Å². The molecule has 0 aliphatic carbocycles. The van der Waals surface area contributed by atoms with E-state index in [1.807, 2.05) is 0 Å². The maximum Gasteiger partial charge on any atom is 0.143 e. The summed E-state index contributed by atoms with van der Waals surface area (Å²) < 4.78 is 0. The zero-order chi connectivity index (χ0) is 9.07. The molecule has 0 aliphatic rings. The molecule has 0 fully saturated rings. The summed E-state index contributed by atoms with van der Waals surface area (Å²) >= 11 is 3.16. The van der Waals surface area contributed by atoms with E-state index >= 15 is 0 Å². The minimum atomic E-state index is 0.248. The van der Waals surface area contributed by atoms with Gasteiger partial charge in [0.25, 0.3) is 0 Å². The first-order valence-corrected chi connectivity index (χ1v) is 5.07. The van der Waals surface area contributed by atoms with Crippen LogP contribution in [0.25, 0.3) is 0 Å². The second-order valence-electron chi connectivity index (χ2n) is 4.14.